The highest BCUT2D eigenvalue weighted by atomic mass is 32.2. The average Bonchev–Trinajstić information content (AvgIpc) is 3.24. The smallest absolute Gasteiger partial charge is 0.379 e. The second-order valence-corrected chi connectivity index (χ2v) is 11.9. The Morgan fingerprint density at radius 1 is 1.11 bits per heavy atom. The molecule has 194 valence electrons. The number of hydrogen-bond acceptors (Lipinski definition) is 7. The zero-order valence-corrected chi connectivity index (χ0v) is 21.0. The first kappa shape index (κ1) is 25.3. The Kier molecular flexibility index (Phi) is 6.94. The van der Waals surface area contributed by atoms with Crippen molar-refractivity contribution >= 4 is 31.6 Å². The molecular weight excluding hydrogens is 517 g/mol. The number of rotatable bonds is 6. The Labute approximate surface area is 210 Å². The van der Waals surface area contributed by atoms with Crippen LogP contribution in [0, 0.1) is 0 Å². The van der Waals surface area contributed by atoms with Gasteiger partial charge in [0.05, 0.1) is 35.4 Å². The van der Waals surface area contributed by atoms with Gasteiger partial charge in [-0.25, -0.2) is 13.4 Å². The lowest BCUT2D eigenvalue weighted by Crippen LogP contribution is -2.37. The number of fused-ring (bicyclic) bond motifs is 3. The molecule has 8 nitrogen and oxygen atoms in total. The third-order valence-electron chi connectivity index (χ3n) is 6.57. The van der Waals surface area contributed by atoms with Gasteiger partial charge in [-0.3, -0.25) is 14.3 Å². The standard InChI is InChI=1S/C23H25F3N4O4S2/c24-23(25,26)16-3-1-4-17(13-16)36(32,33)30-8-5-18-19(14-30)35-21-20(18)22(31)29(15-27-21)7-2-6-28-9-11-34-12-10-28/h1,3-4,13,15H,2,5-12,14H2. The molecule has 0 saturated carbocycles. The summed E-state index contributed by atoms with van der Waals surface area (Å²) in [6.45, 7) is 4.64. The molecule has 13 heteroatoms. The van der Waals surface area contributed by atoms with Gasteiger partial charge in [0.2, 0.25) is 10.0 Å². The van der Waals surface area contributed by atoms with E-state index in [2.05, 4.69) is 9.88 Å². The number of aryl methyl sites for hydroxylation is 1. The summed E-state index contributed by atoms with van der Waals surface area (Å²) in [5, 5.41) is 0.514. The van der Waals surface area contributed by atoms with Crippen LogP contribution >= 0.6 is 11.3 Å². The minimum absolute atomic E-state index is 0.00852. The molecule has 0 aliphatic carbocycles. The van der Waals surface area contributed by atoms with Gasteiger partial charge in [0.25, 0.3) is 5.56 Å². The Bertz CT molecular complexity index is 1430. The van der Waals surface area contributed by atoms with E-state index >= 15 is 0 Å². The molecule has 1 aromatic carbocycles. The summed E-state index contributed by atoms with van der Waals surface area (Å²) < 4.78 is 73.7. The largest absolute Gasteiger partial charge is 0.416 e. The zero-order valence-electron chi connectivity index (χ0n) is 19.3. The number of morpholine rings is 1. The highest BCUT2D eigenvalue weighted by Gasteiger charge is 2.35. The first-order valence-electron chi connectivity index (χ1n) is 11.6. The van der Waals surface area contributed by atoms with E-state index in [9.17, 15) is 26.4 Å². The maximum Gasteiger partial charge on any atom is 0.416 e. The van der Waals surface area contributed by atoms with Crippen molar-refractivity contribution in [1.82, 2.24) is 18.8 Å². The Morgan fingerprint density at radius 3 is 2.64 bits per heavy atom. The van der Waals surface area contributed by atoms with Crippen LogP contribution in [0.4, 0.5) is 13.2 Å². The first-order chi connectivity index (χ1) is 17.1. The summed E-state index contributed by atoms with van der Waals surface area (Å²) in [5.74, 6) is 0. The van der Waals surface area contributed by atoms with E-state index in [1.807, 2.05) is 0 Å². The van der Waals surface area contributed by atoms with Crippen molar-refractivity contribution in [2.45, 2.75) is 37.0 Å². The SMILES string of the molecule is O=c1c2c3c(sc2ncn1CCCN1CCOCC1)CN(S(=O)(=O)c1cccc(C(F)(F)F)c1)CC3. The normalized spacial score (nSPS) is 18.0. The van der Waals surface area contributed by atoms with Crippen molar-refractivity contribution in [3.63, 3.8) is 0 Å². The molecule has 0 amide bonds. The van der Waals surface area contributed by atoms with Crippen molar-refractivity contribution in [2.24, 2.45) is 0 Å². The van der Waals surface area contributed by atoms with E-state index in [0.717, 1.165) is 57.0 Å². The number of alkyl halides is 3. The predicted octanol–water partition coefficient (Wildman–Crippen LogP) is 2.95. The highest BCUT2D eigenvalue weighted by molar-refractivity contribution is 7.89. The van der Waals surface area contributed by atoms with Crippen molar-refractivity contribution in [2.75, 3.05) is 39.4 Å². The van der Waals surface area contributed by atoms with Gasteiger partial charge in [-0.1, -0.05) is 6.07 Å². The van der Waals surface area contributed by atoms with E-state index in [0.29, 0.717) is 34.1 Å². The molecule has 2 aliphatic heterocycles. The van der Waals surface area contributed by atoms with Gasteiger partial charge in [-0.05, 0) is 36.6 Å². The van der Waals surface area contributed by atoms with E-state index in [1.54, 1.807) is 4.57 Å². The Morgan fingerprint density at radius 2 is 1.89 bits per heavy atom. The third-order valence-corrected chi connectivity index (χ3v) is 9.53. The van der Waals surface area contributed by atoms with Crippen molar-refractivity contribution in [1.29, 1.82) is 0 Å². The van der Waals surface area contributed by atoms with Crippen LogP contribution in [0.5, 0.6) is 0 Å². The van der Waals surface area contributed by atoms with Crippen LogP contribution in [0.25, 0.3) is 10.2 Å². The monoisotopic (exact) mass is 542 g/mol. The molecular formula is C23H25F3N4O4S2. The lowest BCUT2D eigenvalue weighted by Gasteiger charge is -2.26. The van der Waals surface area contributed by atoms with Crippen molar-refractivity contribution in [3.05, 3.63) is 57.0 Å². The van der Waals surface area contributed by atoms with Crippen LogP contribution in [0.15, 0.2) is 40.3 Å². The number of hydrogen-bond donors (Lipinski definition) is 0. The zero-order chi connectivity index (χ0) is 25.5. The molecule has 2 aromatic heterocycles. The maximum absolute atomic E-state index is 13.2. The number of nitrogens with zero attached hydrogens (tertiary/aromatic N) is 4. The van der Waals surface area contributed by atoms with Gasteiger partial charge in [-0.15, -0.1) is 11.3 Å². The molecule has 0 unspecified atom stereocenters. The van der Waals surface area contributed by atoms with E-state index in [1.165, 1.54) is 28.0 Å². The topological polar surface area (TPSA) is 84.7 Å². The van der Waals surface area contributed by atoms with Crippen molar-refractivity contribution in [3.8, 4) is 0 Å². The quantitative estimate of drug-likeness (QED) is 0.476. The number of sulfonamides is 1. The molecule has 36 heavy (non-hydrogen) atoms. The van der Waals surface area contributed by atoms with Gasteiger partial charge in [0.1, 0.15) is 4.83 Å². The number of thiophene rings is 1. The third kappa shape index (κ3) is 4.94. The molecule has 0 atom stereocenters. The molecule has 3 aromatic rings. The first-order valence-corrected chi connectivity index (χ1v) is 13.9. The Balaban J connectivity index is 1.36. The fourth-order valence-corrected chi connectivity index (χ4v) is 7.36. The fourth-order valence-electron chi connectivity index (χ4n) is 4.63. The summed E-state index contributed by atoms with van der Waals surface area (Å²) >= 11 is 1.26. The van der Waals surface area contributed by atoms with Crippen LogP contribution in [-0.2, 0) is 40.4 Å². The van der Waals surface area contributed by atoms with E-state index < -0.39 is 26.7 Å². The van der Waals surface area contributed by atoms with E-state index in [-0.39, 0.29) is 18.6 Å². The minimum Gasteiger partial charge on any atom is -0.379 e. The van der Waals surface area contributed by atoms with Gasteiger partial charge in [0.15, 0.2) is 0 Å². The van der Waals surface area contributed by atoms with Crippen LogP contribution in [0.1, 0.15) is 22.4 Å². The van der Waals surface area contributed by atoms with Gasteiger partial charge >= 0.3 is 6.18 Å². The summed E-state index contributed by atoms with van der Waals surface area (Å²) in [6.07, 6.45) is -2.02. The molecule has 1 saturated heterocycles. The summed E-state index contributed by atoms with van der Waals surface area (Å²) in [4.78, 5) is 20.8. The molecule has 0 spiro atoms. The molecule has 2 aliphatic rings. The molecule has 4 heterocycles. The van der Waals surface area contributed by atoms with Crippen LogP contribution in [0.3, 0.4) is 0 Å². The second-order valence-electron chi connectivity index (χ2n) is 8.85. The second kappa shape index (κ2) is 9.86. The summed E-state index contributed by atoms with van der Waals surface area (Å²) in [5.41, 5.74) is -0.374. The predicted molar refractivity (Wildman–Crippen MR) is 128 cm³/mol. The molecule has 0 bridgehead atoms. The molecule has 1 fully saturated rings. The minimum atomic E-state index is -4.64. The van der Waals surface area contributed by atoms with E-state index in [4.69, 9.17) is 4.74 Å². The number of benzene rings is 1. The lowest BCUT2D eigenvalue weighted by molar-refractivity contribution is -0.137. The van der Waals surface area contributed by atoms with Crippen molar-refractivity contribution < 1.29 is 26.3 Å². The highest BCUT2D eigenvalue weighted by Crippen LogP contribution is 2.35. The maximum atomic E-state index is 13.2. The summed E-state index contributed by atoms with van der Waals surface area (Å²) in [7, 11) is -4.14. The Hall–Kier alpha value is -2.32. The average molecular weight is 543 g/mol. The molecule has 5 rings (SSSR count). The van der Waals surface area contributed by atoms with Gasteiger partial charge < -0.3 is 4.74 Å². The molecule has 0 N–H and O–H groups in total. The van der Waals surface area contributed by atoms with Gasteiger partial charge in [-0.2, -0.15) is 17.5 Å². The van der Waals surface area contributed by atoms with Crippen LogP contribution in [0.2, 0.25) is 0 Å². The lowest BCUT2D eigenvalue weighted by atomic mass is 10.1. The molecule has 0 radical (unpaired) electrons. The van der Waals surface area contributed by atoms with Gasteiger partial charge in [0, 0.05) is 44.1 Å². The van der Waals surface area contributed by atoms with Crippen LogP contribution < -0.4 is 5.56 Å². The fraction of sp³-hybridized carbons (Fsp3) is 0.478. The van der Waals surface area contributed by atoms with Crippen LogP contribution in [-0.4, -0.2) is 66.6 Å². The number of ether oxygens (including phenoxy) is 1. The number of aromatic nitrogens is 2. The number of halogens is 3. The summed E-state index contributed by atoms with van der Waals surface area (Å²) in [6, 6.07) is 3.77.